The third-order valence-corrected chi connectivity index (χ3v) is 2.32. The molecule has 0 spiro atoms. The summed E-state index contributed by atoms with van der Waals surface area (Å²) in [6.45, 7) is 14.6. The van der Waals surface area contributed by atoms with Gasteiger partial charge >= 0.3 is 0 Å². The van der Waals surface area contributed by atoms with Crippen LogP contribution in [0.4, 0.5) is 0 Å². The van der Waals surface area contributed by atoms with E-state index in [0.717, 1.165) is 6.42 Å². The summed E-state index contributed by atoms with van der Waals surface area (Å²) in [6, 6.07) is 0. The highest BCUT2D eigenvalue weighted by Gasteiger charge is 2.03. The fourth-order valence-corrected chi connectivity index (χ4v) is 1.14. The summed E-state index contributed by atoms with van der Waals surface area (Å²) in [6.07, 6.45) is 4.85. The molecule has 1 unspecified atom stereocenters. The molecule has 0 bridgehead atoms. The van der Waals surface area contributed by atoms with E-state index in [1.54, 1.807) is 0 Å². The maximum absolute atomic E-state index is 4.07. The Bertz CT molecular complexity index is 153. The Morgan fingerprint density at radius 3 is 2.33 bits per heavy atom. The van der Waals surface area contributed by atoms with Crippen LogP contribution in [-0.4, -0.2) is 0 Å². The lowest BCUT2D eigenvalue weighted by molar-refractivity contribution is 0.641. The largest absolute Gasteiger partial charge is 0.0999 e. The minimum Gasteiger partial charge on any atom is -0.0999 e. The number of unbranched alkanes of at least 4 members (excludes halogenated alkanes) is 1. The van der Waals surface area contributed by atoms with E-state index in [-0.39, 0.29) is 0 Å². The van der Waals surface area contributed by atoms with E-state index in [9.17, 15) is 0 Å². The Balaban J connectivity index is 3.61. The van der Waals surface area contributed by atoms with Crippen LogP contribution in [0, 0.1) is 5.92 Å². The molecule has 0 radical (unpaired) electrons. The molecule has 0 amide bonds. The average molecular weight is 166 g/mol. The minimum absolute atomic E-state index is 0.606. The van der Waals surface area contributed by atoms with Gasteiger partial charge in [0.05, 0.1) is 0 Å². The second-order valence-corrected chi connectivity index (χ2v) is 3.81. The molecule has 1 atom stereocenters. The van der Waals surface area contributed by atoms with Gasteiger partial charge < -0.3 is 0 Å². The maximum Gasteiger partial charge on any atom is -0.0200 e. The quantitative estimate of drug-likeness (QED) is 0.515. The normalized spacial score (nSPS) is 12.6. The molecule has 0 aromatic rings. The molecule has 0 nitrogen and oxygen atoms in total. The first-order valence-corrected chi connectivity index (χ1v) is 4.90. The van der Waals surface area contributed by atoms with Gasteiger partial charge in [0, 0.05) is 0 Å². The summed E-state index contributed by atoms with van der Waals surface area (Å²) in [7, 11) is 0. The zero-order valence-electron chi connectivity index (χ0n) is 8.82. The molecule has 0 saturated carbocycles. The lowest BCUT2D eigenvalue weighted by atomic mass is 9.94. The van der Waals surface area contributed by atoms with Gasteiger partial charge in [0.2, 0.25) is 0 Å². The summed E-state index contributed by atoms with van der Waals surface area (Å²) in [4.78, 5) is 0. The van der Waals surface area contributed by atoms with Gasteiger partial charge in [-0.15, -0.1) is 0 Å². The smallest absolute Gasteiger partial charge is 0.0200 e. The van der Waals surface area contributed by atoms with Crippen LogP contribution < -0.4 is 0 Å². The Hall–Kier alpha value is -0.520. The molecule has 0 aromatic heterocycles. The molecule has 0 saturated heterocycles. The SMILES string of the molecule is C=C(CCCC)CC(C)C(=C)C. The first kappa shape index (κ1) is 11.5. The standard InChI is InChI=1S/C12H22/c1-6-7-8-11(4)9-12(5)10(2)3/h12H,2,4,6-9H2,1,3,5H3. The van der Waals surface area contributed by atoms with Crippen molar-refractivity contribution in [1.29, 1.82) is 0 Å². The number of rotatable bonds is 6. The van der Waals surface area contributed by atoms with Crippen molar-refractivity contribution in [2.75, 3.05) is 0 Å². The van der Waals surface area contributed by atoms with E-state index >= 15 is 0 Å². The number of hydrogen-bond donors (Lipinski definition) is 0. The lowest BCUT2D eigenvalue weighted by Crippen LogP contribution is -1.97. The van der Waals surface area contributed by atoms with Gasteiger partial charge in [0.15, 0.2) is 0 Å². The topological polar surface area (TPSA) is 0 Å². The van der Waals surface area contributed by atoms with Crippen molar-refractivity contribution in [3.63, 3.8) is 0 Å². The summed E-state index contributed by atoms with van der Waals surface area (Å²) in [5, 5.41) is 0. The number of allylic oxidation sites excluding steroid dienone is 2. The van der Waals surface area contributed by atoms with Crippen LogP contribution in [0.25, 0.3) is 0 Å². The minimum atomic E-state index is 0.606. The molecule has 0 aliphatic rings. The fraction of sp³-hybridized carbons (Fsp3) is 0.667. The molecule has 0 aliphatic carbocycles. The van der Waals surface area contributed by atoms with Gasteiger partial charge in [-0.05, 0) is 32.1 Å². The lowest BCUT2D eigenvalue weighted by Gasteiger charge is -2.12. The predicted octanol–water partition coefficient (Wildman–Crippen LogP) is 4.34. The van der Waals surface area contributed by atoms with Gasteiger partial charge in [-0.25, -0.2) is 0 Å². The highest BCUT2D eigenvalue weighted by Crippen LogP contribution is 2.19. The molecule has 0 aromatic carbocycles. The molecule has 0 N–H and O–H groups in total. The van der Waals surface area contributed by atoms with Crippen LogP contribution in [0.1, 0.15) is 46.5 Å². The molecule has 0 fully saturated rings. The first-order valence-electron chi connectivity index (χ1n) is 4.90. The van der Waals surface area contributed by atoms with Gasteiger partial charge in [0.25, 0.3) is 0 Å². The van der Waals surface area contributed by atoms with Gasteiger partial charge in [-0.2, -0.15) is 0 Å². The van der Waals surface area contributed by atoms with Crippen molar-refractivity contribution in [2.24, 2.45) is 5.92 Å². The summed E-state index contributed by atoms with van der Waals surface area (Å²) >= 11 is 0. The maximum atomic E-state index is 4.07. The van der Waals surface area contributed by atoms with Crippen molar-refractivity contribution in [3.05, 3.63) is 24.3 Å². The molecular formula is C12H22. The van der Waals surface area contributed by atoms with E-state index in [4.69, 9.17) is 0 Å². The Morgan fingerprint density at radius 1 is 1.33 bits per heavy atom. The summed E-state index contributed by atoms with van der Waals surface area (Å²) < 4.78 is 0. The molecular weight excluding hydrogens is 144 g/mol. The molecule has 70 valence electrons. The molecule has 12 heavy (non-hydrogen) atoms. The second kappa shape index (κ2) is 6.05. The van der Waals surface area contributed by atoms with E-state index in [1.807, 2.05) is 0 Å². The van der Waals surface area contributed by atoms with Crippen LogP contribution in [0.15, 0.2) is 24.3 Å². The Labute approximate surface area is 77.4 Å². The fourth-order valence-electron chi connectivity index (χ4n) is 1.14. The van der Waals surface area contributed by atoms with E-state index in [1.165, 1.54) is 30.4 Å². The van der Waals surface area contributed by atoms with Crippen LogP contribution in [0.3, 0.4) is 0 Å². The zero-order chi connectivity index (χ0) is 9.56. The van der Waals surface area contributed by atoms with Crippen LogP contribution >= 0.6 is 0 Å². The molecule has 0 heterocycles. The Morgan fingerprint density at radius 2 is 1.92 bits per heavy atom. The van der Waals surface area contributed by atoms with Crippen molar-refractivity contribution >= 4 is 0 Å². The number of hydrogen-bond acceptors (Lipinski definition) is 0. The molecule has 0 rings (SSSR count). The predicted molar refractivity (Wildman–Crippen MR) is 57.3 cm³/mol. The van der Waals surface area contributed by atoms with E-state index in [2.05, 4.69) is 33.9 Å². The van der Waals surface area contributed by atoms with Crippen LogP contribution in [-0.2, 0) is 0 Å². The van der Waals surface area contributed by atoms with Crippen molar-refractivity contribution in [1.82, 2.24) is 0 Å². The van der Waals surface area contributed by atoms with Crippen molar-refractivity contribution < 1.29 is 0 Å². The van der Waals surface area contributed by atoms with Crippen molar-refractivity contribution in [3.8, 4) is 0 Å². The van der Waals surface area contributed by atoms with Crippen LogP contribution in [0.5, 0.6) is 0 Å². The average Bonchev–Trinajstić information content (AvgIpc) is 2.00. The molecule has 0 heteroatoms. The Kier molecular flexibility index (Phi) is 5.79. The van der Waals surface area contributed by atoms with Gasteiger partial charge in [-0.3, -0.25) is 0 Å². The molecule has 0 aliphatic heterocycles. The van der Waals surface area contributed by atoms with Gasteiger partial charge in [0.1, 0.15) is 0 Å². The highest BCUT2D eigenvalue weighted by atomic mass is 14.1. The third kappa shape index (κ3) is 5.17. The van der Waals surface area contributed by atoms with Crippen molar-refractivity contribution in [2.45, 2.75) is 46.5 Å². The zero-order valence-corrected chi connectivity index (χ0v) is 8.82. The third-order valence-electron chi connectivity index (χ3n) is 2.32. The van der Waals surface area contributed by atoms with E-state index < -0.39 is 0 Å². The highest BCUT2D eigenvalue weighted by molar-refractivity contribution is 5.03. The monoisotopic (exact) mass is 166 g/mol. The summed E-state index contributed by atoms with van der Waals surface area (Å²) in [5.74, 6) is 0.606. The van der Waals surface area contributed by atoms with E-state index in [0.29, 0.717) is 5.92 Å². The first-order chi connectivity index (χ1) is 5.57. The van der Waals surface area contributed by atoms with Gasteiger partial charge in [-0.1, -0.05) is 44.6 Å². The van der Waals surface area contributed by atoms with Crippen LogP contribution in [0.2, 0.25) is 0 Å². The summed E-state index contributed by atoms with van der Waals surface area (Å²) in [5.41, 5.74) is 2.65. The second-order valence-electron chi connectivity index (χ2n) is 3.81.